The van der Waals surface area contributed by atoms with Crippen LogP contribution in [0.3, 0.4) is 0 Å². The molecule has 1 aliphatic rings. The Kier molecular flexibility index (Phi) is 4.77. The van der Waals surface area contributed by atoms with Crippen LogP contribution >= 0.6 is 0 Å². The number of hydrogen-bond donors (Lipinski definition) is 1. The van der Waals surface area contributed by atoms with E-state index in [9.17, 15) is 10.1 Å². The summed E-state index contributed by atoms with van der Waals surface area (Å²) in [4.78, 5) is 16.5. The van der Waals surface area contributed by atoms with Crippen molar-refractivity contribution in [3.8, 4) is 11.8 Å². The van der Waals surface area contributed by atoms with Crippen molar-refractivity contribution in [3.63, 3.8) is 0 Å². The van der Waals surface area contributed by atoms with E-state index in [0.29, 0.717) is 5.56 Å². The summed E-state index contributed by atoms with van der Waals surface area (Å²) in [5.74, 6) is -0.130. The summed E-state index contributed by atoms with van der Waals surface area (Å²) in [5.41, 5.74) is 5.59. The number of carbonyl (C=O) groups is 1. The Morgan fingerprint density at radius 2 is 2.18 bits per heavy atom. The van der Waals surface area contributed by atoms with Crippen molar-refractivity contribution >= 4 is 12.0 Å². The van der Waals surface area contributed by atoms with Crippen LogP contribution in [0.4, 0.5) is 0 Å². The van der Waals surface area contributed by atoms with E-state index in [0.717, 1.165) is 29.8 Å². The number of amides is 1. The molecular formula is C23H20N4O. The van der Waals surface area contributed by atoms with Gasteiger partial charge in [-0.3, -0.25) is 4.79 Å². The average Bonchev–Trinajstić information content (AvgIpc) is 3.32. The van der Waals surface area contributed by atoms with Crippen LogP contribution in [0.25, 0.3) is 11.8 Å². The molecule has 2 aromatic carbocycles. The van der Waals surface area contributed by atoms with E-state index in [1.807, 2.05) is 35.8 Å². The summed E-state index contributed by atoms with van der Waals surface area (Å²) in [5, 5.41) is 12.6. The Balaban J connectivity index is 1.48. The molecule has 1 amide bonds. The molecule has 5 nitrogen and oxygen atoms in total. The fourth-order valence-corrected chi connectivity index (χ4v) is 3.67. The number of hydrogen-bond acceptors (Lipinski definition) is 3. The predicted molar refractivity (Wildman–Crippen MR) is 108 cm³/mol. The molecule has 28 heavy (non-hydrogen) atoms. The summed E-state index contributed by atoms with van der Waals surface area (Å²) < 4.78 is 1.87. The molecule has 1 aliphatic carbocycles. The maximum Gasteiger partial charge on any atom is 0.244 e. The lowest BCUT2D eigenvalue weighted by molar-refractivity contribution is -0.117. The van der Waals surface area contributed by atoms with Gasteiger partial charge in [0.05, 0.1) is 23.6 Å². The second kappa shape index (κ2) is 7.53. The van der Waals surface area contributed by atoms with Crippen LogP contribution in [0, 0.1) is 18.3 Å². The van der Waals surface area contributed by atoms with Gasteiger partial charge < -0.3 is 9.88 Å². The van der Waals surface area contributed by atoms with Crippen molar-refractivity contribution in [2.75, 3.05) is 0 Å². The van der Waals surface area contributed by atoms with Crippen molar-refractivity contribution < 1.29 is 4.79 Å². The van der Waals surface area contributed by atoms with E-state index < -0.39 is 0 Å². The summed E-state index contributed by atoms with van der Waals surface area (Å²) in [6.07, 6.45) is 8.62. The second-order valence-electron chi connectivity index (χ2n) is 6.93. The van der Waals surface area contributed by atoms with E-state index in [2.05, 4.69) is 28.5 Å². The summed E-state index contributed by atoms with van der Waals surface area (Å²) in [6.45, 7) is 1.94. The first-order valence-corrected chi connectivity index (χ1v) is 9.25. The van der Waals surface area contributed by atoms with Gasteiger partial charge in [-0.25, -0.2) is 4.98 Å². The van der Waals surface area contributed by atoms with Crippen molar-refractivity contribution in [1.29, 1.82) is 5.26 Å². The van der Waals surface area contributed by atoms with Gasteiger partial charge in [0.15, 0.2) is 0 Å². The van der Waals surface area contributed by atoms with E-state index in [-0.39, 0.29) is 11.9 Å². The number of rotatable bonds is 4. The van der Waals surface area contributed by atoms with Crippen LogP contribution in [0.5, 0.6) is 0 Å². The van der Waals surface area contributed by atoms with E-state index in [4.69, 9.17) is 0 Å². The first kappa shape index (κ1) is 17.7. The Bertz CT molecular complexity index is 1100. The van der Waals surface area contributed by atoms with Gasteiger partial charge in [0.1, 0.15) is 6.07 Å². The Hall–Kier alpha value is -3.65. The molecule has 1 unspecified atom stereocenters. The number of aromatic nitrogens is 2. The fraction of sp³-hybridized carbons (Fsp3) is 0.174. The monoisotopic (exact) mass is 368 g/mol. The molecule has 0 aliphatic heterocycles. The number of imidazole rings is 1. The van der Waals surface area contributed by atoms with Crippen molar-refractivity contribution in [3.05, 3.63) is 89.0 Å². The molecule has 1 heterocycles. The quantitative estimate of drug-likeness (QED) is 0.711. The Labute approximate surface area is 164 Å². The predicted octanol–water partition coefficient (Wildman–Crippen LogP) is 3.87. The zero-order chi connectivity index (χ0) is 19.5. The molecule has 0 bridgehead atoms. The zero-order valence-electron chi connectivity index (χ0n) is 15.6. The maximum absolute atomic E-state index is 12.4. The lowest BCUT2D eigenvalue weighted by Crippen LogP contribution is -2.25. The van der Waals surface area contributed by atoms with Gasteiger partial charge >= 0.3 is 0 Å². The molecule has 138 valence electrons. The zero-order valence-corrected chi connectivity index (χ0v) is 15.6. The fourth-order valence-electron chi connectivity index (χ4n) is 3.67. The molecule has 1 atom stereocenters. The van der Waals surface area contributed by atoms with Gasteiger partial charge in [-0.2, -0.15) is 5.26 Å². The highest BCUT2D eigenvalue weighted by molar-refractivity contribution is 5.92. The molecule has 0 fully saturated rings. The third-order valence-corrected chi connectivity index (χ3v) is 5.10. The Morgan fingerprint density at radius 1 is 1.32 bits per heavy atom. The summed E-state index contributed by atoms with van der Waals surface area (Å²) in [7, 11) is 0. The van der Waals surface area contributed by atoms with E-state index >= 15 is 0 Å². The van der Waals surface area contributed by atoms with Crippen LogP contribution in [0.15, 0.2) is 61.1 Å². The van der Waals surface area contributed by atoms with Crippen LogP contribution in [-0.4, -0.2) is 15.5 Å². The molecule has 4 rings (SSSR count). The van der Waals surface area contributed by atoms with Crippen molar-refractivity contribution in [2.45, 2.75) is 25.8 Å². The molecular weight excluding hydrogens is 348 g/mol. The largest absolute Gasteiger partial charge is 0.346 e. The topological polar surface area (TPSA) is 70.7 Å². The number of benzene rings is 2. The molecule has 3 aromatic rings. The van der Waals surface area contributed by atoms with Crippen LogP contribution in [0.2, 0.25) is 0 Å². The minimum absolute atomic E-state index is 0.0645. The molecule has 1 aromatic heterocycles. The smallest absolute Gasteiger partial charge is 0.244 e. The highest BCUT2D eigenvalue weighted by Crippen LogP contribution is 2.30. The molecule has 0 radical (unpaired) electrons. The molecule has 0 saturated carbocycles. The number of aryl methyl sites for hydroxylation is 2. The van der Waals surface area contributed by atoms with E-state index in [1.54, 1.807) is 24.7 Å². The molecule has 0 saturated heterocycles. The molecule has 1 N–H and O–H groups in total. The minimum atomic E-state index is -0.130. The average molecular weight is 368 g/mol. The van der Waals surface area contributed by atoms with Gasteiger partial charge in [-0.05, 0) is 54.7 Å². The lowest BCUT2D eigenvalue weighted by atomic mass is 10.1. The first-order chi connectivity index (χ1) is 13.7. The molecule has 5 heteroatoms. The highest BCUT2D eigenvalue weighted by Gasteiger charge is 2.22. The number of fused-ring (bicyclic) bond motifs is 1. The summed E-state index contributed by atoms with van der Waals surface area (Å²) >= 11 is 0. The van der Waals surface area contributed by atoms with Gasteiger partial charge in [-0.15, -0.1) is 0 Å². The van der Waals surface area contributed by atoms with Gasteiger partial charge in [0, 0.05) is 18.0 Å². The van der Waals surface area contributed by atoms with Gasteiger partial charge in [0.2, 0.25) is 5.91 Å². The standard InChI is InChI=1S/C23H20N4O/c1-16-14-25-15-27(16)22-10-6-17(12-19(22)13-24)7-11-23(28)26-21-9-8-18-4-2-3-5-20(18)21/h2-7,10-12,14-15,21H,8-9H2,1H3,(H,26,28). The normalized spacial score (nSPS) is 15.4. The maximum atomic E-state index is 12.4. The number of carbonyl (C=O) groups excluding carboxylic acids is 1. The second-order valence-corrected chi connectivity index (χ2v) is 6.93. The number of nitrogens with one attached hydrogen (secondary N) is 1. The van der Waals surface area contributed by atoms with Crippen LogP contribution in [0.1, 0.15) is 40.4 Å². The third-order valence-electron chi connectivity index (χ3n) is 5.10. The van der Waals surface area contributed by atoms with Crippen LogP contribution < -0.4 is 5.32 Å². The van der Waals surface area contributed by atoms with E-state index in [1.165, 1.54) is 17.2 Å². The Morgan fingerprint density at radius 3 is 2.96 bits per heavy atom. The lowest BCUT2D eigenvalue weighted by Gasteiger charge is -2.12. The van der Waals surface area contributed by atoms with Gasteiger partial charge in [-0.1, -0.05) is 30.3 Å². The van der Waals surface area contributed by atoms with Crippen molar-refractivity contribution in [1.82, 2.24) is 14.9 Å². The minimum Gasteiger partial charge on any atom is -0.346 e. The van der Waals surface area contributed by atoms with Crippen molar-refractivity contribution in [2.24, 2.45) is 0 Å². The van der Waals surface area contributed by atoms with Crippen LogP contribution in [-0.2, 0) is 11.2 Å². The highest BCUT2D eigenvalue weighted by atomic mass is 16.1. The number of nitrogens with zero attached hydrogens (tertiary/aromatic N) is 3. The van der Waals surface area contributed by atoms with Gasteiger partial charge in [0.25, 0.3) is 0 Å². The third kappa shape index (κ3) is 3.45. The summed E-state index contributed by atoms with van der Waals surface area (Å²) in [6, 6.07) is 16.1. The molecule has 0 spiro atoms. The number of nitriles is 1. The SMILES string of the molecule is Cc1cncn1-c1ccc(C=CC(=O)NC2CCc3ccccc32)cc1C#N. The first-order valence-electron chi connectivity index (χ1n) is 9.25.